The Hall–Kier alpha value is -1.26. The van der Waals surface area contributed by atoms with Crippen molar-refractivity contribution in [3.05, 3.63) is 0 Å². The van der Waals surface area contributed by atoms with Crippen LogP contribution >= 0.6 is 0 Å². The summed E-state index contributed by atoms with van der Waals surface area (Å²) in [6, 6.07) is -0.180. The smallest absolute Gasteiger partial charge is 0.407 e. The minimum atomic E-state index is -0.543. The minimum Gasteiger partial charge on any atom is -0.453 e. The predicted molar refractivity (Wildman–Crippen MR) is 66.9 cm³/mol. The van der Waals surface area contributed by atoms with Crippen LogP contribution in [0.4, 0.5) is 4.79 Å². The van der Waals surface area contributed by atoms with Gasteiger partial charge in [0.15, 0.2) is 0 Å². The zero-order valence-corrected chi connectivity index (χ0v) is 11.5. The maximum absolute atomic E-state index is 12.5. The molecule has 0 radical (unpaired) electrons. The number of hydrogen-bond donors (Lipinski definition) is 1. The van der Waals surface area contributed by atoms with E-state index in [1.54, 1.807) is 0 Å². The average Bonchev–Trinajstić information content (AvgIpc) is 3.03. The third-order valence-corrected chi connectivity index (χ3v) is 4.19. The molecule has 2 aliphatic rings. The Balaban J connectivity index is 2.01. The highest BCUT2D eigenvalue weighted by Crippen LogP contribution is 2.49. The summed E-state index contributed by atoms with van der Waals surface area (Å²) in [5, 5.41) is 2.64. The predicted octanol–water partition coefficient (Wildman–Crippen LogP) is 1.23. The highest BCUT2D eigenvalue weighted by atomic mass is 16.5. The van der Waals surface area contributed by atoms with E-state index in [2.05, 4.69) is 17.0 Å². The quantitative estimate of drug-likeness (QED) is 0.824. The van der Waals surface area contributed by atoms with Crippen LogP contribution in [-0.2, 0) is 9.53 Å². The Labute approximate surface area is 108 Å². The number of alkyl carbamates (subject to hydrolysis) is 1. The first-order chi connectivity index (χ1) is 8.45. The third-order valence-electron chi connectivity index (χ3n) is 4.19. The lowest BCUT2D eigenvalue weighted by atomic mass is 10.0. The summed E-state index contributed by atoms with van der Waals surface area (Å²) in [6.45, 7) is 6.81. The molecule has 1 N–H and O–H groups in total. The van der Waals surface area contributed by atoms with Gasteiger partial charge in [0, 0.05) is 12.6 Å². The summed E-state index contributed by atoms with van der Waals surface area (Å²) in [5.74, 6) is 1.45. The number of piperidine rings is 1. The molecule has 2 fully saturated rings. The van der Waals surface area contributed by atoms with Crippen molar-refractivity contribution in [1.82, 2.24) is 10.2 Å². The van der Waals surface area contributed by atoms with Crippen molar-refractivity contribution in [1.29, 1.82) is 0 Å². The lowest BCUT2D eigenvalue weighted by molar-refractivity contribution is -0.135. The van der Waals surface area contributed by atoms with Gasteiger partial charge < -0.3 is 15.0 Å². The lowest BCUT2D eigenvalue weighted by Crippen LogP contribution is -2.52. The molecule has 0 bridgehead atoms. The van der Waals surface area contributed by atoms with Gasteiger partial charge in [0.2, 0.25) is 5.91 Å². The molecule has 102 valence electrons. The topological polar surface area (TPSA) is 58.6 Å². The Morgan fingerprint density at radius 1 is 1.39 bits per heavy atom. The van der Waals surface area contributed by atoms with Crippen LogP contribution in [0.1, 0.15) is 27.2 Å². The molecule has 4 atom stereocenters. The van der Waals surface area contributed by atoms with Gasteiger partial charge in [-0.15, -0.1) is 0 Å². The van der Waals surface area contributed by atoms with Crippen LogP contribution in [-0.4, -0.2) is 42.6 Å². The number of amides is 2. The summed E-state index contributed by atoms with van der Waals surface area (Å²) in [7, 11) is 1.31. The number of carbonyl (C=O) groups is 2. The minimum absolute atomic E-state index is 0.0232. The molecule has 0 aromatic rings. The fourth-order valence-electron chi connectivity index (χ4n) is 2.89. The summed E-state index contributed by atoms with van der Waals surface area (Å²) in [5.41, 5.74) is 0. The molecule has 2 rings (SSSR count). The van der Waals surface area contributed by atoms with Crippen LogP contribution in [0.5, 0.6) is 0 Å². The second kappa shape index (κ2) is 4.78. The highest BCUT2D eigenvalue weighted by Gasteiger charge is 2.52. The van der Waals surface area contributed by atoms with Crippen molar-refractivity contribution in [2.75, 3.05) is 13.7 Å². The van der Waals surface area contributed by atoms with Gasteiger partial charge in [0.1, 0.15) is 6.04 Å². The van der Waals surface area contributed by atoms with Gasteiger partial charge in [0.05, 0.1) is 7.11 Å². The van der Waals surface area contributed by atoms with Crippen LogP contribution in [0.2, 0.25) is 0 Å². The summed E-state index contributed by atoms with van der Waals surface area (Å²) >= 11 is 0. The molecule has 0 aromatic heterocycles. The first kappa shape index (κ1) is 13.2. The number of hydrogen-bond acceptors (Lipinski definition) is 3. The molecule has 0 spiro atoms. The van der Waals surface area contributed by atoms with Crippen LogP contribution in [0.3, 0.4) is 0 Å². The Morgan fingerprint density at radius 3 is 2.50 bits per heavy atom. The van der Waals surface area contributed by atoms with E-state index in [0.29, 0.717) is 17.9 Å². The first-order valence-corrected chi connectivity index (χ1v) is 6.60. The lowest BCUT2D eigenvalue weighted by Gasteiger charge is -2.30. The van der Waals surface area contributed by atoms with Gasteiger partial charge in [-0.05, 0) is 31.1 Å². The summed E-state index contributed by atoms with van der Waals surface area (Å²) in [4.78, 5) is 25.7. The van der Waals surface area contributed by atoms with Crippen LogP contribution in [0, 0.1) is 17.8 Å². The van der Waals surface area contributed by atoms with Gasteiger partial charge in [-0.2, -0.15) is 0 Å². The largest absolute Gasteiger partial charge is 0.453 e. The van der Waals surface area contributed by atoms with Crippen LogP contribution < -0.4 is 5.32 Å². The number of methoxy groups -OCH3 is 1. The number of nitrogens with zero attached hydrogens (tertiary/aromatic N) is 1. The molecule has 4 unspecified atom stereocenters. The fourth-order valence-corrected chi connectivity index (χ4v) is 2.89. The SMILES string of the molecule is COC(=O)NC(C(=O)N1CC2CC2C1C)C(C)C. The molecule has 5 heteroatoms. The van der Waals surface area contributed by atoms with E-state index in [1.165, 1.54) is 13.5 Å². The van der Waals surface area contributed by atoms with Crippen molar-refractivity contribution in [3.63, 3.8) is 0 Å². The Kier molecular flexibility index (Phi) is 3.50. The molecule has 1 heterocycles. The molecule has 1 aliphatic heterocycles. The molecule has 2 amide bonds. The number of ether oxygens (including phenoxy) is 1. The van der Waals surface area contributed by atoms with E-state index in [4.69, 9.17) is 0 Å². The third kappa shape index (κ3) is 2.31. The van der Waals surface area contributed by atoms with Gasteiger partial charge >= 0.3 is 6.09 Å². The molecule has 1 saturated heterocycles. The Bertz CT molecular complexity index is 356. The van der Waals surface area contributed by atoms with Gasteiger partial charge in [-0.1, -0.05) is 13.8 Å². The average molecular weight is 254 g/mol. The second-order valence-electron chi connectivity index (χ2n) is 5.75. The van der Waals surface area contributed by atoms with Crippen LogP contribution in [0.25, 0.3) is 0 Å². The number of nitrogens with one attached hydrogen (secondary N) is 1. The maximum Gasteiger partial charge on any atom is 0.407 e. The highest BCUT2D eigenvalue weighted by molar-refractivity contribution is 5.86. The zero-order valence-electron chi connectivity index (χ0n) is 11.5. The first-order valence-electron chi connectivity index (χ1n) is 6.60. The van der Waals surface area contributed by atoms with Crippen LogP contribution in [0.15, 0.2) is 0 Å². The van der Waals surface area contributed by atoms with E-state index < -0.39 is 12.1 Å². The zero-order chi connectivity index (χ0) is 13.4. The summed E-state index contributed by atoms with van der Waals surface area (Å²) < 4.78 is 4.58. The van der Waals surface area contributed by atoms with Gasteiger partial charge in [-0.25, -0.2) is 4.79 Å². The van der Waals surface area contributed by atoms with Crippen molar-refractivity contribution in [2.45, 2.75) is 39.3 Å². The number of likely N-dealkylation sites (tertiary alicyclic amines) is 1. The van der Waals surface area contributed by atoms with Gasteiger partial charge in [-0.3, -0.25) is 4.79 Å². The Morgan fingerprint density at radius 2 is 2.06 bits per heavy atom. The van der Waals surface area contributed by atoms with E-state index in [9.17, 15) is 9.59 Å². The maximum atomic E-state index is 12.5. The summed E-state index contributed by atoms with van der Waals surface area (Å²) in [6.07, 6.45) is 0.709. The number of carbonyl (C=O) groups excluding carboxylic acids is 2. The monoisotopic (exact) mass is 254 g/mol. The normalized spacial score (nSPS) is 30.9. The molecule has 5 nitrogen and oxygen atoms in total. The van der Waals surface area contributed by atoms with Crippen molar-refractivity contribution < 1.29 is 14.3 Å². The number of fused-ring (bicyclic) bond motifs is 1. The molecule has 1 saturated carbocycles. The number of rotatable bonds is 3. The molecular formula is C13H22N2O3. The molecule has 0 aromatic carbocycles. The van der Waals surface area contributed by atoms with Crippen molar-refractivity contribution in [3.8, 4) is 0 Å². The second-order valence-corrected chi connectivity index (χ2v) is 5.75. The van der Waals surface area contributed by atoms with E-state index >= 15 is 0 Å². The molecule has 1 aliphatic carbocycles. The van der Waals surface area contributed by atoms with E-state index in [-0.39, 0.29) is 11.8 Å². The standard InChI is InChI=1S/C13H22N2O3/c1-7(2)11(14-13(17)18-4)12(16)15-6-9-5-10(9)8(15)3/h7-11H,5-6H2,1-4H3,(H,14,17). The molecule has 18 heavy (non-hydrogen) atoms. The van der Waals surface area contributed by atoms with E-state index in [0.717, 1.165) is 6.54 Å². The fraction of sp³-hybridized carbons (Fsp3) is 0.846. The van der Waals surface area contributed by atoms with Gasteiger partial charge in [0.25, 0.3) is 0 Å². The van der Waals surface area contributed by atoms with E-state index in [1.807, 2.05) is 18.7 Å². The molecular weight excluding hydrogens is 232 g/mol. The van der Waals surface area contributed by atoms with Crippen molar-refractivity contribution >= 4 is 12.0 Å². The van der Waals surface area contributed by atoms with Crippen molar-refractivity contribution in [2.24, 2.45) is 17.8 Å².